The van der Waals surface area contributed by atoms with Crippen molar-refractivity contribution in [3.63, 3.8) is 0 Å². The van der Waals surface area contributed by atoms with Gasteiger partial charge in [-0.1, -0.05) is 13.0 Å². The van der Waals surface area contributed by atoms with Gasteiger partial charge in [0.15, 0.2) is 5.96 Å². The van der Waals surface area contributed by atoms with Crippen LogP contribution in [0.15, 0.2) is 47.6 Å². The zero-order chi connectivity index (χ0) is 21.3. The second-order valence-electron chi connectivity index (χ2n) is 7.08. The van der Waals surface area contributed by atoms with Gasteiger partial charge in [-0.15, -0.1) is 0 Å². The number of ether oxygens (including phenoxy) is 1. The Morgan fingerprint density at radius 1 is 1.27 bits per heavy atom. The van der Waals surface area contributed by atoms with Crippen molar-refractivity contribution in [1.82, 2.24) is 20.5 Å². The molecule has 1 unspecified atom stereocenters. The quantitative estimate of drug-likeness (QED) is 0.539. The molecule has 8 heteroatoms. The van der Waals surface area contributed by atoms with Gasteiger partial charge in [0.25, 0.3) is 0 Å². The fraction of sp³-hybridized carbons (Fsp3) is 0.409. The lowest BCUT2D eigenvalue weighted by Gasteiger charge is -2.18. The molecule has 1 saturated heterocycles. The molecule has 1 fully saturated rings. The van der Waals surface area contributed by atoms with E-state index in [1.165, 1.54) is 12.1 Å². The van der Waals surface area contributed by atoms with Crippen molar-refractivity contribution in [2.75, 3.05) is 19.6 Å². The van der Waals surface area contributed by atoms with E-state index in [4.69, 9.17) is 4.74 Å². The summed E-state index contributed by atoms with van der Waals surface area (Å²) in [6.45, 7) is 6.60. The fourth-order valence-electron chi connectivity index (χ4n) is 3.20. The number of aliphatic imine (C=N–C) groups is 1. The highest BCUT2D eigenvalue weighted by molar-refractivity contribution is 5.80. The minimum absolute atomic E-state index is 0.190. The highest BCUT2D eigenvalue weighted by Crippen LogP contribution is 2.19. The first-order valence-corrected chi connectivity index (χ1v) is 10.3. The first kappa shape index (κ1) is 21.5. The van der Waals surface area contributed by atoms with Crippen molar-refractivity contribution in [3.8, 4) is 11.6 Å². The fourth-order valence-corrected chi connectivity index (χ4v) is 3.20. The Morgan fingerprint density at radius 2 is 2.07 bits per heavy atom. The number of benzene rings is 1. The summed E-state index contributed by atoms with van der Waals surface area (Å²) in [5, 5.41) is 6.66. The maximum absolute atomic E-state index is 13.0. The van der Waals surface area contributed by atoms with Crippen LogP contribution in [0, 0.1) is 5.82 Å². The van der Waals surface area contributed by atoms with Crippen LogP contribution in [0.3, 0.4) is 0 Å². The van der Waals surface area contributed by atoms with Crippen molar-refractivity contribution < 1.29 is 13.9 Å². The van der Waals surface area contributed by atoms with Gasteiger partial charge in [0.1, 0.15) is 11.6 Å². The third kappa shape index (κ3) is 6.17. The number of nitrogens with one attached hydrogen (secondary N) is 2. The maximum Gasteiger partial charge on any atom is 0.222 e. The maximum atomic E-state index is 13.0. The molecular weight excluding hydrogens is 385 g/mol. The molecule has 0 spiro atoms. The van der Waals surface area contributed by atoms with Crippen LogP contribution in [0.1, 0.15) is 32.3 Å². The van der Waals surface area contributed by atoms with Crippen LogP contribution in [0.2, 0.25) is 0 Å². The standard InChI is InChI=1S/C22H28FN5O2/c1-3-21(29)28-12-11-18(15-28)27-22(24-4-2)26-14-16-5-10-20(25-13-16)30-19-8-6-17(23)7-9-19/h5-10,13,18H,3-4,11-12,14-15H2,1-2H3,(H2,24,26,27). The summed E-state index contributed by atoms with van der Waals surface area (Å²) < 4.78 is 18.6. The number of carbonyl (C=O) groups is 1. The molecule has 1 aliphatic rings. The Morgan fingerprint density at radius 3 is 2.73 bits per heavy atom. The predicted octanol–water partition coefficient (Wildman–Crippen LogP) is 3.08. The topological polar surface area (TPSA) is 78.9 Å². The van der Waals surface area contributed by atoms with E-state index in [0.29, 0.717) is 31.1 Å². The van der Waals surface area contributed by atoms with Gasteiger partial charge in [-0.25, -0.2) is 14.4 Å². The first-order chi connectivity index (χ1) is 14.6. The number of likely N-dealkylation sites (tertiary alicyclic amines) is 1. The van der Waals surface area contributed by atoms with Gasteiger partial charge in [0.05, 0.1) is 6.54 Å². The number of carbonyl (C=O) groups excluding carboxylic acids is 1. The SMILES string of the molecule is CCNC(=NCc1ccc(Oc2ccc(F)cc2)nc1)NC1CCN(C(=O)CC)C1. The molecule has 0 saturated carbocycles. The molecule has 3 rings (SSSR count). The van der Waals surface area contributed by atoms with E-state index in [-0.39, 0.29) is 17.8 Å². The Bertz CT molecular complexity index is 855. The molecule has 30 heavy (non-hydrogen) atoms. The predicted molar refractivity (Wildman–Crippen MR) is 114 cm³/mol. The monoisotopic (exact) mass is 413 g/mol. The molecule has 1 aromatic heterocycles. The van der Waals surface area contributed by atoms with Crippen LogP contribution in [0.5, 0.6) is 11.6 Å². The summed E-state index contributed by atoms with van der Waals surface area (Å²) in [7, 11) is 0. The summed E-state index contributed by atoms with van der Waals surface area (Å²) >= 11 is 0. The van der Waals surface area contributed by atoms with E-state index in [2.05, 4.69) is 20.6 Å². The lowest BCUT2D eigenvalue weighted by atomic mass is 10.2. The number of nitrogens with zero attached hydrogens (tertiary/aromatic N) is 3. The number of halogens is 1. The number of hydrogen-bond donors (Lipinski definition) is 2. The lowest BCUT2D eigenvalue weighted by molar-refractivity contribution is -0.129. The van der Waals surface area contributed by atoms with E-state index in [1.54, 1.807) is 24.4 Å². The molecule has 1 aromatic carbocycles. The Kier molecular flexibility index (Phi) is 7.59. The Balaban J connectivity index is 1.55. The molecule has 0 bridgehead atoms. The van der Waals surface area contributed by atoms with Crippen LogP contribution in [0.4, 0.5) is 4.39 Å². The highest BCUT2D eigenvalue weighted by Gasteiger charge is 2.25. The van der Waals surface area contributed by atoms with Crippen molar-refractivity contribution in [2.45, 2.75) is 39.3 Å². The van der Waals surface area contributed by atoms with Crippen LogP contribution >= 0.6 is 0 Å². The van der Waals surface area contributed by atoms with Crippen LogP contribution in [-0.2, 0) is 11.3 Å². The minimum Gasteiger partial charge on any atom is -0.439 e. The van der Waals surface area contributed by atoms with E-state index >= 15 is 0 Å². The second kappa shape index (κ2) is 10.6. The largest absolute Gasteiger partial charge is 0.439 e. The van der Waals surface area contributed by atoms with Gasteiger partial charge >= 0.3 is 0 Å². The van der Waals surface area contributed by atoms with Gasteiger partial charge in [0, 0.05) is 44.4 Å². The zero-order valence-corrected chi connectivity index (χ0v) is 17.4. The second-order valence-corrected chi connectivity index (χ2v) is 7.08. The van der Waals surface area contributed by atoms with Crippen molar-refractivity contribution in [3.05, 3.63) is 54.0 Å². The molecule has 160 valence electrons. The van der Waals surface area contributed by atoms with Crippen molar-refractivity contribution in [1.29, 1.82) is 0 Å². The summed E-state index contributed by atoms with van der Waals surface area (Å²) in [5.74, 6) is 1.57. The summed E-state index contributed by atoms with van der Waals surface area (Å²) in [6, 6.07) is 9.66. The minimum atomic E-state index is -0.309. The van der Waals surface area contributed by atoms with E-state index < -0.39 is 0 Å². The average molecular weight is 413 g/mol. The first-order valence-electron chi connectivity index (χ1n) is 10.3. The normalized spacial score (nSPS) is 16.4. The number of aromatic nitrogens is 1. The molecule has 0 radical (unpaired) electrons. The molecule has 7 nitrogen and oxygen atoms in total. The van der Waals surface area contributed by atoms with Crippen molar-refractivity contribution >= 4 is 11.9 Å². The van der Waals surface area contributed by atoms with Crippen LogP contribution in [-0.4, -0.2) is 47.4 Å². The molecule has 2 heterocycles. The van der Waals surface area contributed by atoms with Gasteiger partial charge in [-0.2, -0.15) is 0 Å². The zero-order valence-electron chi connectivity index (χ0n) is 17.4. The molecule has 1 atom stereocenters. The third-order valence-corrected chi connectivity index (χ3v) is 4.78. The molecule has 1 amide bonds. The number of pyridine rings is 1. The van der Waals surface area contributed by atoms with E-state index in [1.807, 2.05) is 24.8 Å². The molecule has 2 aromatic rings. The molecule has 1 aliphatic heterocycles. The van der Waals surface area contributed by atoms with E-state index in [0.717, 1.165) is 31.0 Å². The van der Waals surface area contributed by atoms with Gasteiger partial charge in [-0.3, -0.25) is 4.79 Å². The number of hydrogen-bond acceptors (Lipinski definition) is 4. The van der Waals surface area contributed by atoms with E-state index in [9.17, 15) is 9.18 Å². The molecular formula is C22H28FN5O2. The lowest BCUT2D eigenvalue weighted by Crippen LogP contribution is -2.45. The third-order valence-electron chi connectivity index (χ3n) is 4.78. The molecule has 2 N–H and O–H groups in total. The Labute approximate surface area is 176 Å². The van der Waals surface area contributed by atoms with Crippen LogP contribution < -0.4 is 15.4 Å². The highest BCUT2D eigenvalue weighted by atomic mass is 19.1. The summed E-state index contributed by atoms with van der Waals surface area (Å²) in [4.78, 5) is 22.7. The van der Waals surface area contributed by atoms with Crippen LogP contribution in [0.25, 0.3) is 0 Å². The van der Waals surface area contributed by atoms with Gasteiger partial charge in [-0.05, 0) is 43.2 Å². The summed E-state index contributed by atoms with van der Waals surface area (Å²) in [5.41, 5.74) is 0.938. The number of guanidine groups is 1. The Hall–Kier alpha value is -3.16. The van der Waals surface area contributed by atoms with Gasteiger partial charge in [0.2, 0.25) is 11.8 Å². The smallest absolute Gasteiger partial charge is 0.222 e. The van der Waals surface area contributed by atoms with Gasteiger partial charge < -0.3 is 20.3 Å². The van der Waals surface area contributed by atoms with Crippen molar-refractivity contribution in [2.24, 2.45) is 4.99 Å². The average Bonchev–Trinajstić information content (AvgIpc) is 3.23. The molecule has 0 aliphatic carbocycles. The number of amides is 1. The number of rotatable bonds is 7. The summed E-state index contributed by atoms with van der Waals surface area (Å²) in [6.07, 6.45) is 3.16.